The highest BCUT2D eigenvalue weighted by molar-refractivity contribution is 7.98. The summed E-state index contributed by atoms with van der Waals surface area (Å²) in [4.78, 5) is 20.1. The Morgan fingerprint density at radius 1 is 1.19 bits per heavy atom. The Kier molecular flexibility index (Phi) is 7.79. The molecule has 4 rings (SSSR count). The molecule has 1 unspecified atom stereocenters. The number of allylic oxidation sites excluding steroid dienone is 3. The van der Waals surface area contributed by atoms with Gasteiger partial charge in [0.05, 0.1) is 30.9 Å². The Balaban J connectivity index is 1.66. The molecule has 0 fully saturated rings. The SMILES string of the molecule is C=C1C(C(=O)c2ccc(-n3cnc(C)c3)c(OC)c2)=CC(C)=CN1C(CCSC)c1ccc(F)cc1. The number of nitrogens with zero attached hydrogens (tertiary/aromatic N) is 3. The first-order valence-electron chi connectivity index (χ1n) is 11.7. The fourth-order valence-corrected chi connectivity index (χ4v) is 4.84. The highest BCUT2D eigenvalue weighted by Crippen LogP contribution is 2.36. The molecule has 0 bridgehead atoms. The molecule has 0 saturated heterocycles. The van der Waals surface area contributed by atoms with Gasteiger partial charge in [-0.15, -0.1) is 0 Å². The normalized spacial score (nSPS) is 14.4. The summed E-state index contributed by atoms with van der Waals surface area (Å²) in [5.74, 6) is 1.09. The van der Waals surface area contributed by atoms with Gasteiger partial charge in [0.1, 0.15) is 11.6 Å². The molecule has 1 aromatic heterocycles. The van der Waals surface area contributed by atoms with E-state index in [2.05, 4.69) is 17.8 Å². The summed E-state index contributed by atoms with van der Waals surface area (Å²) in [5, 5.41) is 0. The maximum atomic E-state index is 13.7. The van der Waals surface area contributed by atoms with E-state index in [4.69, 9.17) is 4.74 Å². The average Bonchev–Trinajstić information content (AvgIpc) is 3.32. The van der Waals surface area contributed by atoms with Crippen LogP contribution in [0.4, 0.5) is 4.39 Å². The number of ketones is 1. The number of aryl methyl sites for hydroxylation is 1. The highest BCUT2D eigenvalue weighted by Gasteiger charge is 2.28. The highest BCUT2D eigenvalue weighted by atomic mass is 32.2. The average molecular weight is 504 g/mol. The van der Waals surface area contributed by atoms with Crippen LogP contribution in [0.1, 0.15) is 41.0 Å². The number of benzene rings is 2. The van der Waals surface area contributed by atoms with Crippen molar-refractivity contribution in [3.05, 3.63) is 113 Å². The predicted octanol–water partition coefficient (Wildman–Crippen LogP) is 6.67. The fraction of sp³-hybridized carbons (Fsp3) is 0.241. The van der Waals surface area contributed by atoms with Crippen molar-refractivity contribution in [1.29, 1.82) is 0 Å². The number of carbonyl (C=O) groups is 1. The summed E-state index contributed by atoms with van der Waals surface area (Å²) in [6.45, 7) is 8.19. The molecule has 0 saturated carbocycles. The van der Waals surface area contributed by atoms with Crippen molar-refractivity contribution < 1.29 is 13.9 Å². The van der Waals surface area contributed by atoms with Crippen molar-refractivity contribution >= 4 is 17.5 Å². The lowest BCUT2D eigenvalue weighted by molar-refractivity contribution is 0.103. The summed E-state index contributed by atoms with van der Waals surface area (Å²) < 4.78 is 21.1. The van der Waals surface area contributed by atoms with Gasteiger partial charge in [-0.3, -0.25) is 4.79 Å². The number of methoxy groups -OCH3 is 1. The third kappa shape index (κ3) is 5.31. The van der Waals surface area contributed by atoms with Gasteiger partial charge >= 0.3 is 0 Å². The number of rotatable bonds is 9. The standard InChI is InChI=1S/C29H30FN3O2S/c1-19-14-25(21(3)33(16-19)26(12-13-36-5)22-6-9-24(30)10-7-22)29(34)23-8-11-27(28(15-23)35-4)32-17-20(2)31-18-32/h6-11,14-18,26H,3,12-13H2,1-2,4-5H3. The van der Waals surface area contributed by atoms with E-state index in [-0.39, 0.29) is 17.6 Å². The van der Waals surface area contributed by atoms with E-state index in [1.807, 2.05) is 47.9 Å². The van der Waals surface area contributed by atoms with Gasteiger partial charge in [0.15, 0.2) is 5.78 Å². The van der Waals surface area contributed by atoms with Gasteiger partial charge in [0.25, 0.3) is 0 Å². The van der Waals surface area contributed by atoms with Crippen LogP contribution < -0.4 is 4.74 Å². The largest absolute Gasteiger partial charge is 0.495 e. The van der Waals surface area contributed by atoms with E-state index in [9.17, 15) is 9.18 Å². The molecule has 0 amide bonds. The number of hydrogen-bond donors (Lipinski definition) is 0. The van der Waals surface area contributed by atoms with Crippen molar-refractivity contribution in [2.24, 2.45) is 0 Å². The van der Waals surface area contributed by atoms with Crippen LogP contribution in [0, 0.1) is 12.7 Å². The topological polar surface area (TPSA) is 47.4 Å². The number of halogens is 1. The lowest BCUT2D eigenvalue weighted by Crippen LogP contribution is -2.28. The summed E-state index contributed by atoms with van der Waals surface area (Å²) in [6.07, 6.45) is 10.4. The molecular formula is C29H30FN3O2S. The summed E-state index contributed by atoms with van der Waals surface area (Å²) in [7, 11) is 1.59. The van der Waals surface area contributed by atoms with Gasteiger partial charge in [0, 0.05) is 29.2 Å². The van der Waals surface area contributed by atoms with Crippen LogP contribution in [-0.2, 0) is 0 Å². The van der Waals surface area contributed by atoms with E-state index in [0.717, 1.165) is 34.7 Å². The van der Waals surface area contributed by atoms with Crippen LogP contribution in [0.15, 0.2) is 90.7 Å². The smallest absolute Gasteiger partial charge is 0.195 e. The molecule has 0 spiro atoms. The first kappa shape index (κ1) is 25.5. The van der Waals surface area contributed by atoms with E-state index >= 15 is 0 Å². The van der Waals surface area contributed by atoms with Gasteiger partial charge in [-0.1, -0.05) is 18.7 Å². The van der Waals surface area contributed by atoms with Gasteiger partial charge in [-0.2, -0.15) is 11.8 Å². The molecule has 2 heterocycles. The number of aromatic nitrogens is 2. The molecule has 2 aromatic carbocycles. The zero-order chi connectivity index (χ0) is 25.8. The lowest BCUT2D eigenvalue weighted by atomic mass is 9.93. The van der Waals surface area contributed by atoms with Crippen LogP contribution in [-0.4, -0.2) is 39.4 Å². The number of hydrogen-bond acceptors (Lipinski definition) is 5. The van der Waals surface area contributed by atoms with Crippen LogP contribution in [0.25, 0.3) is 5.69 Å². The Bertz CT molecular complexity index is 1340. The monoisotopic (exact) mass is 503 g/mol. The minimum atomic E-state index is -0.273. The number of Topliss-reactive ketones (excluding diaryl/α,β-unsaturated/α-hetero) is 1. The molecule has 3 aromatic rings. The second kappa shape index (κ2) is 11.0. The van der Waals surface area contributed by atoms with Crippen molar-refractivity contribution in [2.45, 2.75) is 26.3 Å². The molecule has 1 atom stereocenters. The molecular weight excluding hydrogens is 473 g/mol. The minimum Gasteiger partial charge on any atom is -0.495 e. The Morgan fingerprint density at radius 2 is 1.94 bits per heavy atom. The zero-order valence-corrected chi connectivity index (χ0v) is 21.8. The first-order chi connectivity index (χ1) is 17.3. The van der Waals surface area contributed by atoms with Crippen LogP contribution in [0.2, 0.25) is 0 Å². The maximum Gasteiger partial charge on any atom is 0.195 e. The van der Waals surface area contributed by atoms with Crippen molar-refractivity contribution in [3.63, 3.8) is 0 Å². The third-order valence-electron chi connectivity index (χ3n) is 6.20. The van der Waals surface area contributed by atoms with Crippen LogP contribution in [0.5, 0.6) is 5.75 Å². The molecule has 36 heavy (non-hydrogen) atoms. The molecule has 5 nitrogen and oxygen atoms in total. The number of ether oxygens (including phenoxy) is 1. The van der Waals surface area contributed by atoms with Gasteiger partial charge in [-0.05, 0) is 79.8 Å². The first-order valence-corrected chi connectivity index (χ1v) is 13.1. The number of imidazole rings is 1. The second-order valence-corrected chi connectivity index (χ2v) is 9.76. The Labute approximate surface area is 216 Å². The van der Waals surface area contributed by atoms with Gasteiger partial charge < -0.3 is 14.2 Å². The van der Waals surface area contributed by atoms with Crippen molar-refractivity contribution in [3.8, 4) is 11.4 Å². The number of thioether (sulfide) groups is 1. The zero-order valence-electron chi connectivity index (χ0n) is 21.0. The molecule has 0 radical (unpaired) electrons. The van der Waals surface area contributed by atoms with Crippen molar-refractivity contribution in [2.75, 3.05) is 19.1 Å². The molecule has 0 N–H and O–H groups in total. The van der Waals surface area contributed by atoms with Crippen molar-refractivity contribution in [1.82, 2.24) is 14.5 Å². The summed E-state index contributed by atoms with van der Waals surface area (Å²) in [6, 6.07) is 11.9. The predicted molar refractivity (Wildman–Crippen MR) is 144 cm³/mol. The minimum absolute atomic E-state index is 0.0709. The molecule has 1 aliphatic rings. The maximum absolute atomic E-state index is 13.7. The Hall–Kier alpha value is -3.58. The van der Waals surface area contributed by atoms with E-state index in [1.165, 1.54) is 12.1 Å². The quantitative estimate of drug-likeness (QED) is 0.305. The second-order valence-electron chi connectivity index (χ2n) is 8.77. The van der Waals surface area contributed by atoms with Gasteiger partial charge in [-0.25, -0.2) is 9.37 Å². The number of carbonyl (C=O) groups excluding carboxylic acids is 1. The molecule has 186 valence electrons. The van der Waals surface area contributed by atoms with Crippen LogP contribution in [0.3, 0.4) is 0 Å². The fourth-order valence-electron chi connectivity index (χ4n) is 4.38. The lowest BCUT2D eigenvalue weighted by Gasteiger charge is -2.36. The van der Waals surface area contributed by atoms with Crippen LogP contribution >= 0.6 is 11.8 Å². The molecule has 1 aliphatic heterocycles. The summed E-state index contributed by atoms with van der Waals surface area (Å²) in [5.41, 5.74) is 5.27. The molecule has 7 heteroatoms. The Morgan fingerprint density at radius 3 is 2.58 bits per heavy atom. The van der Waals surface area contributed by atoms with E-state index in [0.29, 0.717) is 22.6 Å². The van der Waals surface area contributed by atoms with Gasteiger partial charge in [0.2, 0.25) is 0 Å². The molecule has 0 aliphatic carbocycles. The summed E-state index contributed by atoms with van der Waals surface area (Å²) >= 11 is 1.75. The van der Waals surface area contributed by atoms with E-state index in [1.54, 1.807) is 49.5 Å². The third-order valence-corrected chi connectivity index (χ3v) is 6.84. The van der Waals surface area contributed by atoms with E-state index < -0.39 is 0 Å².